The van der Waals surface area contributed by atoms with E-state index in [9.17, 15) is 13.2 Å². The Morgan fingerprint density at radius 3 is 2.74 bits per heavy atom. The summed E-state index contributed by atoms with van der Waals surface area (Å²) in [4.78, 5) is 13.8. The lowest BCUT2D eigenvalue weighted by Crippen LogP contribution is -2.24. The highest BCUT2D eigenvalue weighted by Gasteiger charge is 2.24. The molecule has 1 aromatic heterocycles. The van der Waals surface area contributed by atoms with Crippen LogP contribution in [0.3, 0.4) is 0 Å². The molecular weight excluding hydrogens is 404 g/mol. The molecule has 0 aliphatic carbocycles. The number of amides is 1. The van der Waals surface area contributed by atoms with Gasteiger partial charge >= 0.3 is 0 Å². The van der Waals surface area contributed by atoms with Gasteiger partial charge in [-0.2, -0.15) is 0 Å². The third-order valence-electron chi connectivity index (χ3n) is 4.01. The van der Waals surface area contributed by atoms with E-state index in [2.05, 4.69) is 28.8 Å². The first-order chi connectivity index (χ1) is 12.8. The lowest BCUT2D eigenvalue weighted by atomic mass is 10.2. The summed E-state index contributed by atoms with van der Waals surface area (Å²) in [5, 5.41) is 8.19. The van der Waals surface area contributed by atoms with Crippen molar-refractivity contribution < 1.29 is 13.2 Å². The van der Waals surface area contributed by atoms with Crippen LogP contribution in [0.4, 0.5) is 10.8 Å². The summed E-state index contributed by atoms with van der Waals surface area (Å²) >= 11 is 2.78. The van der Waals surface area contributed by atoms with Crippen LogP contribution in [0.1, 0.15) is 32.3 Å². The molecule has 27 heavy (non-hydrogen) atoms. The summed E-state index contributed by atoms with van der Waals surface area (Å²) < 4.78 is 28.6. The van der Waals surface area contributed by atoms with Crippen molar-refractivity contribution in [1.82, 2.24) is 10.2 Å². The molecule has 1 N–H and O–H groups in total. The fourth-order valence-electron chi connectivity index (χ4n) is 2.72. The van der Waals surface area contributed by atoms with E-state index in [1.54, 1.807) is 28.8 Å². The van der Waals surface area contributed by atoms with Gasteiger partial charge in [0.15, 0.2) is 4.34 Å². The predicted octanol–water partition coefficient (Wildman–Crippen LogP) is 3.52. The molecule has 3 rings (SSSR count). The number of benzene rings is 1. The number of rotatable bonds is 7. The first kappa shape index (κ1) is 20.1. The third kappa shape index (κ3) is 4.80. The quantitative estimate of drug-likeness (QED) is 0.681. The molecule has 0 atom stereocenters. The van der Waals surface area contributed by atoms with Gasteiger partial charge in [0.1, 0.15) is 0 Å². The van der Waals surface area contributed by atoms with Gasteiger partial charge < -0.3 is 4.90 Å². The van der Waals surface area contributed by atoms with Gasteiger partial charge in [-0.1, -0.05) is 36.9 Å². The van der Waals surface area contributed by atoms with Crippen molar-refractivity contribution in [1.29, 1.82) is 0 Å². The number of nitrogens with one attached hydrogen (secondary N) is 1. The maximum atomic E-state index is 12.7. The number of carbonyl (C=O) groups is 1. The molecule has 0 radical (unpaired) electrons. The lowest BCUT2D eigenvalue weighted by Gasteiger charge is -2.19. The van der Waals surface area contributed by atoms with E-state index in [0.717, 1.165) is 27.8 Å². The van der Waals surface area contributed by atoms with Gasteiger partial charge in [-0.25, -0.2) is 8.42 Å². The summed E-state index contributed by atoms with van der Waals surface area (Å²) in [7, 11) is -3.76. The Hall–Kier alpha value is -1.65. The molecular formula is C17H22N4O3S3. The van der Waals surface area contributed by atoms with E-state index in [1.807, 2.05) is 6.92 Å². The molecule has 1 saturated heterocycles. The van der Waals surface area contributed by atoms with E-state index < -0.39 is 10.0 Å². The maximum Gasteiger partial charge on any atom is 0.263 e. The summed E-state index contributed by atoms with van der Waals surface area (Å²) in [5.41, 5.74) is 1.51. The topological polar surface area (TPSA) is 92.3 Å². The highest BCUT2D eigenvalue weighted by molar-refractivity contribution is 8.01. The Bertz CT molecular complexity index is 941. The second kappa shape index (κ2) is 8.15. The highest BCUT2D eigenvalue weighted by Crippen LogP contribution is 2.30. The molecule has 0 spiro atoms. The number of thioether (sulfide) groups is 1. The van der Waals surface area contributed by atoms with Crippen LogP contribution in [-0.2, 0) is 14.8 Å². The van der Waals surface area contributed by atoms with Crippen LogP contribution < -0.4 is 9.62 Å². The van der Waals surface area contributed by atoms with Crippen molar-refractivity contribution in [3.63, 3.8) is 0 Å². The van der Waals surface area contributed by atoms with Gasteiger partial charge in [-0.15, -0.1) is 10.2 Å². The van der Waals surface area contributed by atoms with Crippen LogP contribution in [0.5, 0.6) is 0 Å². The standard InChI is InChI=1S/C17H22N4O3S3/c1-11(2)10-25-17-19-18-16(26-17)20-27(23,24)13-6-7-14(12(3)9-13)21-8-4-5-15(21)22/h6-7,9,11H,4-5,8,10H2,1-3H3,(H,18,20). The normalized spacial score (nSPS) is 15.0. The van der Waals surface area contributed by atoms with Gasteiger partial charge in [-0.3, -0.25) is 9.52 Å². The average molecular weight is 427 g/mol. The summed E-state index contributed by atoms with van der Waals surface area (Å²) in [6.07, 6.45) is 1.36. The van der Waals surface area contributed by atoms with Crippen LogP contribution >= 0.6 is 23.1 Å². The molecule has 146 valence electrons. The summed E-state index contributed by atoms with van der Waals surface area (Å²) in [6, 6.07) is 4.79. The van der Waals surface area contributed by atoms with Crippen LogP contribution in [0.25, 0.3) is 0 Å². The van der Waals surface area contributed by atoms with Gasteiger partial charge in [0.2, 0.25) is 11.0 Å². The van der Waals surface area contributed by atoms with Gasteiger partial charge in [-0.05, 0) is 43.0 Å². The molecule has 1 aliphatic rings. The number of aromatic nitrogens is 2. The third-order valence-corrected chi connectivity index (χ3v) is 7.88. The Labute approximate surface area is 167 Å². The number of sulfonamides is 1. The molecule has 1 aliphatic heterocycles. The fourth-order valence-corrected chi connectivity index (χ4v) is 5.77. The predicted molar refractivity (Wildman–Crippen MR) is 109 cm³/mol. The molecule has 0 bridgehead atoms. The molecule has 10 heteroatoms. The zero-order valence-electron chi connectivity index (χ0n) is 15.4. The first-order valence-electron chi connectivity index (χ1n) is 8.66. The lowest BCUT2D eigenvalue weighted by molar-refractivity contribution is -0.117. The van der Waals surface area contributed by atoms with Crippen LogP contribution in [0.15, 0.2) is 27.4 Å². The molecule has 1 aromatic carbocycles. The Morgan fingerprint density at radius 1 is 1.33 bits per heavy atom. The van der Waals surface area contributed by atoms with Crippen molar-refractivity contribution in [3.05, 3.63) is 23.8 Å². The first-order valence-corrected chi connectivity index (χ1v) is 11.9. The van der Waals surface area contributed by atoms with Crippen LogP contribution in [0.2, 0.25) is 0 Å². The highest BCUT2D eigenvalue weighted by atomic mass is 32.2. The number of aryl methyl sites for hydroxylation is 1. The van der Waals surface area contributed by atoms with Crippen LogP contribution in [-0.4, -0.2) is 36.8 Å². The minimum Gasteiger partial charge on any atom is -0.312 e. The van der Waals surface area contributed by atoms with E-state index in [-0.39, 0.29) is 15.9 Å². The second-order valence-electron chi connectivity index (χ2n) is 6.78. The maximum absolute atomic E-state index is 12.7. The van der Waals surface area contributed by atoms with Crippen molar-refractivity contribution >= 4 is 49.8 Å². The van der Waals surface area contributed by atoms with Crippen molar-refractivity contribution in [2.75, 3.05) is 21.9 Å². The van der Waals surface area contributed by atoms with Crippen molar-refractivity contribution in [3.8, 4) is 0 Å². The summed E-state index contributed by atoms with van der Waals surface area (Å²) in [6.45, 7) is 6.70. The molecule has 2 heterocycles. The Balaban J connectivity index is 1.75. The molecule has 7 nitrogen and oxygen atoms in total. The van der Waals surface area contributed by atoms with Gasteiger partial charge in [0.25, 0.3) is 10.0 Å². The number of hydrogen-bond donors (Lipinski definition) is 1. The SMILES string of the molecule is Cc1cc(S(=O)(=O)Nc2nnc(SCC(C)C)s2)ccc1N1CCCC1=O. The summed E-state index contributed by atoms with van der Waals surface area (Å²) in [5.74, 6) is 1.49. The van der Waals surface area contributed by atoms with E-state index in [4.69, 9.17) is 0 Å². The fraction of sp³-hybridized carbons (Fsp3) is 0.471. The molecule has 0 saturated carbocycles. The molecule has 1 amide bonds. The van der Waals surface area contributed by atoms with Gasteiger partial charge in [0.05, 0.1) is 4.90 Å². The van der Waals surface area contributed by atoms with E-state index >= 15 is 0 Å². The number of carbonyl (C=O) groups excluding carboxylic acids is 1. The zero-order chi connectivity index (χ0) is 19.6. The molecule has 0 unspecified atom stereocenters. The number of nitrogens with zero attached hydrogens (tertiary/aromatic N) is 3. The van der Waals surface area contributed by atoms with Gasteiger partial charge in [0, 0.05) is 24.4 Å². The smallest absolute Gasteiger partial charge is 0.263 e. The second-order valence-corrected chi connectivity index (χ2v) is 10.7. The Morgan fingerprint density at radius 2 is 2.11 bits per heavy atom. The zero-order valence-corrected chi connectivity index (χ0v) is 17.9. The number of anilines is 2. The minimum atomic E-state index is -3.76. The minimum absolute atomic E-state index is 0.0760. The molecule has 1 fully saturated rings. The van der Waals surface area contributed by atoms with Crippen LogP contribution in [0, 0.1) is 12.8 Å². The van der Waals surface area contributed by atoms with E-state index in [0.29, 0.717) is 18.9 Å². The monoisotopic (exact) mass is 426 g/mol. The molecule has 2 aromatic rings. The Kier molecular flexibility index (Phi) is 6.07. The van der Waals surface area contributed by atoms with E-state index in [1.165, 1.54) is 17.4 Å². The largest absolute Gasteiger partial charge is 0.312 e. The van der Waals surface area contributed by atoms with Crippen molar-refractivity contribution in [2.45, 2.75) is 42.8 Å². The van der Waals surface area contributed by atoms with Crippen molar-refractivity contribution in [2.24, 2.45) is 5.92 Å². The average Bonchev–Trinajstić information content (AvgIpc) is 3.21. The number of hydrogen-bond acceptors (Lipinski definition) is 7.